The van der Waals surface area contributed by atoms with E-state index in [0.717, 1.165) is 45.0 Å². The van der Waals surface area contributed by atoms with Crippen LogP contribution in [-0.4, -0.2) is 51.3 Å². The summed E-state index contributed by atoms with van der Waals surface area (Å²) >= 11 is 0. The van der Waals surface area contributed by atoms with Gasteiger partial charge in [-0.05, 0) is 12.1 Å². The maximum Gasteiger partial charge on any atom is 0.142 e. The van der Waals surface area contributed by atoms with Gasteiger partial charge in [-0.25, -0.2) is 0 Å². The van der Waals surface area contributed by atoms with Crippen molar-refractivity contribution < 1.29 is 10.5 Å². The molecule has 1 aromatic carbocycles. The molecule has 1 aliphatic heterocycles. The number of ether oxygens (including phenoxy) is 1. The molecular formula is C13H22N3O+. The number of nitrogens with zero attached hydrogens (tertiary/aromatic N) is 2. The molecule has 2 rings (SSSR count). The molecule has 1 saturated heterocycles. The van der Waals surface area contributed by atoms with E-state index in [4.69, 9.17) is 4.74 Å². The van der Waals surface area contributed by atoms with Gasteiger partial charge in [0.15, 0.2) is 0 Å². The molecule has 0 amide bonds. The Morgan fingerprint density at radius 2 is 1.88 bits per heavy atom. The van der Waals surface area contributed by atoms with Gasteiger partial charge in [0.05, 0.1) is 19.3 Å². The average Bonchev–Trinajstić information content (AvgIpc) is 2.40. The Morgan fingerprint density at radius 1 is 1.18 bits per heavy atom. The van der Waals surface area contributed by atoms with Crippen molar-refractivity contribution in [3.05, 3.63) is 24.3 Å². The van der Waals surface area contributed by atoms with Crippen LogP contribution < -0.4 is 15.4 Å². The number of piperazine rings is 1. The van der Waals surface area contributed by atoms with Crippen molar-refractivity contribution in [1.29, 1.82) is 0 Å². The maximum atomic E-state index is 5.41. The lowest BCUT2D eigenvalue weighted by Crippen LogP contribution is -2.57. The van der Waals surface area contributed by atoms with Crippen LogP contribution in [0.4, 0.5) is 5.69 Å². The molecule has 0 spiro atoms. The van der Waals surface area contributed by atoms with E-state index in [1.54, 1.807) is 7.11 Å². The van der Waals surface area contributed by atoms with Gasteiger partial charge in [0, 0.05) is 32.7 Å². The Hall–Kier alpha value is -1.26. The lowest BCUT2D eigenvalue weighted by atomic mass is 10.2. The first-order valence-electron chi connectivity index (χ1n) is 6.24. The average molecular weight is 236 g/mol. The largest absolute Gasteiger partial charge is 0.495 e. The third kappa shape index (κ3) is 2.90. The molecule has 94 valence electrons. The van der Waals surface area contributed by atoms with E-state index in [0.29, 0.717) is 0 Å². The summed E-state index contributed by atoms with van der Waals surface area (Å²) in [6.07, 6.45) is 0. The molecule has 0 aliphatic carbocycles. The summed E-state index contributed by atoms with van der Waals surface area (Å²) in [7, 11) is 1.73. The fourth-order valence-corrected chi connectivity index (χ4v) is 2.33. The Balaban J connectivity index is 2.00. The van der Waals surface area contributed by atoms with E-state index < -0.39 is 0 Å². The number of hydrogen-bond acceptors (Lipinski definition) is 3. The molecule has 1 aliphatic rings. The van der Waals surface area contributed by atoms with Crippen LogP contribution in [0.3, 0.4) is 0 Å². The van der Waals surface area contributed by atoms with Crippen molar-refractivity contribution in [2.24, 2.45) is 0 Å². The van der Waals surface area contributed by atoms with Crippen molar-refractivity contribution in [2.45, 2.75) is 0 Å². The second kappa shape index (κ2) is 5.89. The van der Waals surface area contributed by atoms with E-state index in [9.17, 15) is 0 Å². The summed E-state index contributed by atoms with van der Waals surface area (Å²) < 4.78 is 5.41. The number of anilines is 1. The van der Waals surface area contributed by atoms with E-state index in [2.05, 4.69) is 27.7 Å². The SMILES string of the molecule is COc1ccccc1N1CCN(CC[NH3+])CC1. The topological polar surface area (TPSA) is 43.4 Å². The Bertz CT molecular complexity index is 348. The van der Waals surface area contributed by atoms with Gasteiger partial charge in [0.2, 0.25) is 0 Å². The van der Waals surface area contributed by atoms with Gasteiger partial charge in [-0.15, -0.1) is 0 Å². The Kier molecular flexibility index (Phi) is 4.23. The van der Waals surface area contributed by atoms with Crippen LogP contribution in [0.5, 0.6) is 5.75 Å². The number of quaternary nitrogens is 1. The lowest BCUT2D eigenvalue weighted by Gasteiger charge is -2.36. The van der Waals surface area contributed by atoms with Gasteiger partial charge in [0.25, 0.3) is 0 Å². The molecule has 0 aromatic heterocycles. The second-order valence-corrected chi connectivity index (χ2v) is 4.35. The zero-order chi connectivity index (χ0) is 12.1. The summed E-state index contributed by atoms with van der Waals surface area (Å²) in [4.78, 5) is 4.87. The normalized spacial score (nSPS) is 17.2. The molecule has 17 heavy (non-hydrogen) atoms. The molecule has 0 bridgehead atoms. The van der Waals surface area contributed by atoms with Crippen LogP contribution in [0.1, 0.15) is 0 Å². The van der Waals surface area contributed by atoms with Crippen molar-refractivity contribution in [3.63, 3.8) is 0 Å². The zero-order valence-corrected chi connectivity index (χ0v) is 10.6. The van der Waals surface area contributed by atoms with Crippen molar-refractivity contribution in [1.82, 2.24) is 4.90 Å². The van der Waals surface area contributed by atoms with Crippen molar-refractivity contribution >= 4 is 5.69 Å². The Morgan fingerprint density at radius 3 is 2.53 bits per heavy atom. The number of rotatable bonds is 4. The van der Waals surface area contributed by atoms with Gasteiger partial charge < -0.3 is 15.4 Å². The molecule has 3 N–H and O–H groups in total. The molecule has 1 heterocycles. The molecule has 4 heteroatoms. The molecule has 1 aromatic rings. The molecule has 4 nitrogen and oxygen atoms in total. The highest BCUT2D eigenvalue weighted by molar-refractivity contribution is 5.58. The summed E-state index contributed by atoms with van der Waals surface area (Å²) in [6, 6.07) is 8.25. The van der Waals surface area contributed by atoms with Gasteiger partial charge in [-0.3, -0.25) is 4.90 Å². The summed E-state index contributed by atoms with van der Waals surface area (Å²) in [5, 5.41) is 0. The smallest absolute Gasteiger partial charge is 0.142 e. The molecule has 0 radical (unpaired) electrons. The van der Waals surface area contributed by atoms with Crippen LogP contribution in [0.15, 0.2) is 24.3 Å². The van der Waals surface area contributed by atoms with Crippen molar-refractivity contribution in [2.75, 3.05) is 51.3 Å². The molecule has 0 atom stereocenters. The minimum atomic E-state index is 0.970. The summed E-state index contributed by atoms with van der Waals surface area (Å²) in [5.41, 5.74) is 5.12. The highest BCUT2D eigenvalue weighted by Crippen LogP contribution is 2.28. The van der Waals surface area contributed by atoms with Crippen LogP contribution >= 0.6 is 0 Å². The first-order chi connectivity index (χ1) is 8.35. The molecule has 1 fully saturated rings. The van der Waals surface area contributed by atoms with Crippen LogP contribution in [0.2, 0.25) is 0 Å². The third-order valence-electron chi connectivity index (χ3n) is 3.27. The van der Waals surface area contributed by atoms with Crippen LogP contribution in [0.25, 0.3) is 0 Å². The first kappa shape index (κ1) is 12.2. The van der Waals surface area contributed by atoms with E-state index in [1.165, 1.54) is 5.69 Å². The van der Waals surface area contributed by atoms with Gasteiger partial charge in [0.1, 0.15) is 5.75 Å². The van der Waals surface area contributed by atoms with Crippen LogP contribution in [-0.2, 0) is 0 Å². The summed E-state index contributed by atoms with van der Waals surface area (Å²) in [5.74, 6) is 0.970. The highest BCUT2D eigenvalue weighted by Gasteiger charge is 2.18. The maximum absolute atomic E-state index is 5.41. The predicted octanol–water partition coefficient (Wildman–Crippen LogP) is 0.0591. The number of para-hydroxylation sites is 2. The van der Waals surface area contributed by atoms with Gasteiger partial charge >= 0.3 is 0 Å². The number of hydrogen-bond donors (Lipinski definition) is 1. The molecular weight excluding hydrogens is 214 g/mol. The first-order valence-corrected chi connectivity index (χ1v) is 6.24. The summed E-state index contributed by atoms with van der Waals surface area (Å²) in [6.45, 7) is 6.48. The van der Waals surface area contributed by atoms with E-state index in [-0.39, 0.29) is 0 Å². The van der Waals surface area contributed by atoms with E-state index >= 15 is 0 Å². The van der Waals surface area contributed by atoms with Crippen molar-refractivity contribution in [3.8, 4) is 5.75 Å². The highest BCUT2D eigenvalue weighted by atomic mass is 16.5. The van der Waals surface area contributed by atoms with E-state index in [1.807, 2.05) is 12.1 Å². The lowest BCUT2D eigenvalue weighted by molar-refractivity contribution is -0.368. The second-order valence-electron chi connectivity index (χ2n) is 4.35. The van der Waals surface area contributed by atoms with Gasteiger partial charge in [-0.2, -0.15) is 0 Å². The fourth-order valence-electron chi connectivity index (χ4n) is 2.33. The minimum Gasteiger partial charge on any atom is -0.495 e. The number of methoxy groups -OCH3 is 1. The monoisotopic (exact) mass is 236 g/mol. The van der Waals surface area contributed by atoms with Crippen LogP contribution in [0, 0.1) is 0 Å². The molecule has 0 unspecified atom stereocenters. The fraction of sp³-hybridized carbons (Fsp3) is 0.538. The molecule has 0 saturated carbocycles. The number of benzene rings is 1. The predicted molar refractivity (Wildman–Crippen MR) is 69.4 cm³/mol. The Labute approximate surface area is 103 Å². The van der Waals surface area contributed by atoms with Gasteiger partial charge in [-0.1, -0.05) is 12.1 Å². The minimum absolute atomic E-state index is 0.970. The quantitative estimate of drug-likeness (QED) is 0.804. The zero-order valence-electron chi connectivity index (χ0n) is 10.6. The standard InChI is InChI=1S/C13H21N3O/c1-17-13-5-3-2-4-12(13)16-10-8-15(7-6-14)9-11-16/h2-5H,6-11,14H2,1H3/p+1. The third-order valence-corrected chi connectivity index (χ3v) is 3.27.